The van der Waals surface area contributed by atoms with E-state index in [1.54, 1.807) is 0 Å². The Kier molecular flexibility index (Phi) is 4.77. The Labute approximate surface area is 139 Å². The lowest BCUT2D eigenvalue weighted by molar-refractivity contribution is -0.0959. The van der Waals surface area contributed by atoms with Gasteiger partial charge < -0.3 is 4.74 Å². The van der Waals surface area contributed by atoms with Crippen LogP contribution in [-0.4, -0.2) is 29.5 Å². The summed E-state index contributed by atoms with van der Waals surface area (Å²) in [6.45, 7) is 2.75. The summed E-state index contributed by atoms with van der Waals surface area (Å²) in [5, 5.41) is 0. The molecule has 1 atom stereocenters. The third kappa shape index (κ3) is 3.38. The predicted molar refractivity (Wildman–Crippen MR) is 91.2 cm³/mol. The minimum Gasteiger partial charge on any atom is -0.375 e. The van der Waals surface area contributed by atoms with Crippen molar-refractivity contribution in [2.75, 3.05) is 18.1 Å². The lowest BCUT2D eigenvalue weighted by Gasteiger charge is -2.43. The normalized spacial score (nSPS) is 25.0. The van der Waals surface area contributed by atoms with Gasteiger partial charge in [-0.1, -0.05) is 22.0 Å². The minimum absolute atomic E-state index is 0.0207. The van der Waals surface area contributed by atoms with E-state index >= 15 is 0 Å². The number of rotatable bonds is 2. The van der Waals surface area contributed by atoms with E-state index in [-0.39, 0.29) is 11.5 Å². The molecule has 0 amide bonds. The van der Waals surface area contributed by atoms with Crippen molar-refractivity contribution in [1.29, 1.82) is 0 Å². The van der Waals surface area contributed by atoms with Crippen LogP contribution in [0.4, 0.5) is 0 Å². The highest BCUT2D eigenvalue weighted by Gasteiger charge is 2.41. The molecule has 2 aliphatic heterocycles. The fraction of sp³-hybridized carbons (Fsp3) is 0.588. The second kappa shape index (κ2) is 6.43. The van der Waals surface area contributed by atoms with Gasteiger partial charge in [-0.25, -0.2) is 0 Å². The summed E-state index contributed by atoms with van der Waals surface area (Å²) in [5.41, 5.74) is 1.92. The monoisotopic (exact) mass is 368 g/mol. The quantitative estimate of drug-likeness (QED) is 0.711. The number of ketones is 1. The number of benzene rings is 1. The highest BCUT2D eigenvalue weighted by atomic mass is 79.9. The van der Waals surface area contributed by atoms with Crippen LogP contribution in [0.3, 0.4) is 0 Å². The first-order chi connectivity index (χ1) is 10.1. The highest BCUT2D eigenvalue weighted by molar-refractivity contribution is 9.10. The van der Waals surface area contributed by atoms with Crippen LogP contribution < -0.4 is 0 Å². The molecule has 114 valence electrons. The molecule has 1 spiro atoms. The summed E-state index contributed by atoms with van der Waals surface area (Å²) in [7, 11) is 0. The minimum atomic E-state index is -0.0207. The molecule has 1 aromatic carbocycles. The third-order valence-electron chi connectivity index (χ3n) is 4.72. The van der Waals surface area contributed by atoms with Crippen LogP contribution in [-0.2, 0) is 4.74 Å². The Balaban J connectivity index is 1.77. The summed E-state index contributed by atoms with van der Waals surface area (Å²) in [5.74, 6) is 2.76. The summed E-state index contributed by atoms with van der Waals surface area (Å²) in [6, 6.07) is 5.95. The van der Waals surface area contributed by atoms with Crippen LogP contribution in [0.25, 0.3) is 0 Å². The van der Waals surface area contributed by atoms with Gasteiger partial charge in [-0.05, 0) is 61.8 Å². The Morgan fingerprint density at radius 2 is 2.14 bits per heavy atom. The Hall–Kier alpha value is -0.320. The Morgan fingerprint density at radius 3 is 2.86 bits per heavy atom. The number of hydrogen-bond acceptors (Lipinski definition) is 3. The zero-order chi connectivity index (χ0) is 14.9. The molecule has 2 aliphatic rings. The van der Waals surface area contributed by atoms with Gasteiger partial charge in [-0.3, -0.25) is 4.79 Å². The number of ether oxygens (including phenoxy) is 1. The van der Waals surface area contributed by atoms with Crippen molar-refractivity contribution in [2.24, 2.45) is 5.92 Å². The first kappa shape index (κ1) is 15.6. The van der Waals surface area contributed by atoms with Gasteiger partial charge in [0.1, 0.15) is 0 Å². The number of hydrogen-bond donors (Lipinski definition) is 0. The third-order valence-corrected chi connectivity index (χ3v) is 6.20. The average molecular weight is 369 g/mol. The van der Waals surface area contributed by atoms with Crippen LogP contribution in [0, 0.1) is 12.8 Å². The predicted octanol–water partition coefficient (Wildman–Crippen LogP) is 4.63. The van der Waals surface area contributed by atoms with Gasteiger partial charge in [-0.15, -0.1) is 0 Å². The van der Waals surface area contributed by atoms with E-state index in [1.807, 2.05) is 36.9 Å². The van der Waals surface area contributed by atoms with Crippen LogP contribution in [0.2, 0.25) is 0 Å². The molecular formula is C17H21BrO2S. The maximum absolute atomic E-state index is 12.9. The molecule has 21 heavy (non-hydrogen) atoms. The van der Waals surface area contributed by atoms with Crippen LogP contribution in [0.5, 0.6) is 0 Å². The van der Waals surface area contributed by atoms with E-state index in [4.69, 9.17) is 4.74 Å². The summed E-state index contributed by atoms with van der Waals surface area (Å²) < 4.78 is 7.13. The largest absolute Gasteiger partial charge is 0.375 e. The maximum Gasteiger partial charge on any atom is 0.166 e. The smallest absolute Gasteiger partial charge is 0.166 e. The Bertz CT molecular complexity index is 532. The summed E-state index contributed by atoms with van der Waals surface area (Å²) in [4.78, 5) is 12.9. The molecule has 2 saturated heterocycles. The van der Waals surface area contributed by atoms with E-state index in [0.29, 0.717) is 5.78 Å². The lowest BCUT2D eigenvalue weighted by Crippen LogP contribution is -2.44. The van der Waals surface area contributed by atoms with Gasteiger partial charge in [0.15, 0.2) is 5.78 Å². The van der Waals surface area contributed by atoms with Gasteiger partial charge in [-0.2, -0.15) is 11.8 Å². The van der Waals surface area contributed by atoms with Crippen LogP contribution >= 0.6 is 27.7 Å². The number of carbonyl (C=O) groups excluding carboxylic acids is 1. The fourth-order valence-electron chi connectivity index (χ4n) is 3.47. The van der Waals surface area contributed by atoms with Gasteiger partial charge in [0.2, 0.25) is 0 Å². The van der Waals surface area contributed by atoms with Crippen molar-refractivity contribution in [2.45, 2.75) is 38.2 Å². The molecule has 2 heterocycles. The van der Waals surface area contributed by atoms with Gasteiger partial charge >= 0.3 is 0 Å². The van der Waals surface area contributed by atoms with E-state index in [9.17, 15) is 4.79 Å². The molecule has 1 unspecified atom stereocenters. The zero-order valence-electron chi connectivity index (χ0n) is 12.4. The van der Waals surface area contributed by atoms with E-state index < -0.39 is 0 Å². The number of halogens is 1. The SMILES string of the molecule is Cc1cc(Br)ccc1C(=O)C1CCOC2(CCSCC2)C1. The summed E-state index contributed by atoms with van der Waals surface area (Å²) >= 11 is 5.47. The standard InChI is InChI=1S/C17H21BrO2S/c1-12-10-14(18)2-3-15(12)16(19)13-4-7-20-17(11-13)5-8-21-9-6-17/h2-3,10,13H,4-9,11H2,1H3. The van der Waals surface area contributed by atoms with Gasteiger partial charge in [0.05, 0.1) is 5.60 Å². The maximum atomic E-state index is 12.9. The molecule has 0 N–H and O–H groups in total. The summed E-state index contributed by atoms with van der Waals surface area (Å²) in [6.07, 6.45) is 3.96. The van der Waals surface area contributed by atoms with E-state index in [2.05, 4.69) is 15.9 Å². The second-order valence-corrected chi connectivity index (χ2v) is 8.30. The topological polar surface area (TPSA) is 26.3 Å². The Morgan fingerprint density at radius 1 is 1.38 bits per heavy atom. The molecule has 0 bridgehead atoms. The number of carbonyl (C=O) groups is 1. The molecule has 0 radical (unpaired) electrons. The molecule has 4 heteroatoms. The van der Waals surface area contributed by atoms with E-state index in [0.717, 1.165) is 59.4 Å². The molecule has 3 rings (SSSR count). The molecule has 0 aliphatic carbocycles. The number of aryl methyl sites for hydroxylation is 1. The van der Waals surface area contributed by atoms with Crippen molar-refractivity contribution < 1.29 is 9.53 Å². The van der Waals surface area contributed by atoms with Crippen LogP contribution in [0.1, 0.15) is 41.6 Å². The van der Waals surface area contributed by atoms with Gasteiger partial charge in [0, 0.05) is 22.6 Å². The van der Waals surface area contributed by atoms with Crippen molar-refractivity contribution in [3.05, 3.63) is 33.8 Å². The second-order valence-electron chi connectivity index (χ2n) is 6.16. The van der Waals surface area contributed by atoms with Crippen molar-refractivity contribution in [3.63, 3.8) is 0 Å². The van der Waals surface area contributed by atoms with Gasteiger partial charge in [0.25, 0.3) is 0 Å². The molecule has 2 nitrogen and oxygen atoms in total. The lowest BCUT2D eigenvalue weighted by atomic mass is 9.78. The van der Waals surface area contributed by atoms with Crippen molar-refractivity contribution >= 4 is 33.5 Å². The van der Waals surface area contributed by atoms with Crippen LogP contribution in [0.15, 0.2) is 22.7 Å². The molecule has 1 aromatic rings. The molecule has 0 aromatic heterocycles. The van der Waals surface area contributed by atoms with E-state index in [1.165, 1.54) is 0 Å². The van der Waals surface area contributed by atoms with Crippen molar-refractivity contribution in [3.8, 4) is 0 Å². The first-order valence-electron chi connectivity index (χ1n) is 7.62. The zero-order valence-corrected chi connectivity index (χ0v) is 14.8. The molecule has 0 saturated carbocycles. The number of Topliss-reactive ketones (excluding diaryl/α,β-unsaturated/α-hetero) is 1. The number of thioether (sulfide) groups is 1. The van der Waals surface area contributed by atoms with Crippen molar-refractivity contribution in [1.82, 2.24) is 0 Å². The fourth-order valence-corrected chi connectivity index (χ4v) is 5.18. The highest BCUT2D eigenvalue weighted by Crippen LogP contribution is 2.40. The average Bonchev–Trinajstić information content (AvgIpc) is 2.47. The first-order valence-corrected chi connectivity index (χ1v) is 9.56. The molecular weight excluding hydrogens is 348 g/mol. The molecule has 2 fully saturated rings.